The molecule has 0 aliphatic heterocycles. The van der Waals surface area contributed by atoms with Gasteiger partial charge in [-0.05, 0) is 25.0 Å². The normalized spacial score (nSPS) is 14.0. The van der Waals surface area contributed by atoms with Crippen molar-refractivity contribution in [1.82, 2.24) is 14.8 Å². The van der Waals surface area contributed by atoms with Gasteiger partial charge in [-0.25, -0.2) is 0 Å². The molecule has 1 heterocycles. The summed E-state index contributed by atoms with van der Waals surface area (Å²) in [6, 6.07) is 7.76. The van der Waals surface area contributed by atoms with Crippen molar-refractivity contribution in [1.29, 1.82) is 0 Å². The molecule has 2 N–H and O–H groups in total. The maximum atomic E-state index is 10.9. The predicted molar refractivity (Wildman–Crippen MR) is 88.6 cm³/mol. The fraction of sp³-hybridized carbons (Fsp3) is 0.400. The molecule has 1 fully saturated rings. The van der Waals surface area contributed by atoms with Crippen molar-refractivity contribution in [2.75, 3.05) is 5.75 Å². The van der Waals surface area contributed by atoms with Crippen LogP contribution in [0.5, 0.6) is 5.75 Å². The number of primary amides is 1. The lowest BCUT2D eigenvalue weighted by molar-refractivity contribution is -0.117. The van der Waals surface area contributed by atoms with Crippen LogP contribution in [0.1, 0.15) is 31.1 Å². The van der Waals surface area contributed by atoms with Crippen molar-refractivity contribution in [2.24, 2.45) is 5.73 Å². The lowest BCUT2D eigenvalue weighted by Gasteiger charge is -2.10. The first-order chi connectivity index (χ1) is 11.1. The molecule has 1 aliphatic rings. The number of nitrogens with zero attached hydrogens (tertiary/aromatic N) is 3. The fourth-order valence-corrected chi connectivity index (χ4v) is 3.32. The molecule has 0 saturated heterocycles. The van der Waals surface area contributed by atoms with Gasteiger partial charge in [-0.2, -0.15) is 0 Å². The van der Waals surface area contributed by atoms with Crippen molar-refractivity contribution < 1.29 is 9.53 Å². The second-order valence-electron chi connectivity index (χ2n) is 5.28. The second kappa shape index (κ2) is 7.23. The van der Waals surface area contributed by atoms with Gasteiger partial charge in [-0.15, -0.1) is 10.2 Å². The molecule has 0 bridgehead atoms. The molecule has 8 heteroatoms. The molecular formula is C15H17ClN4O2S. The Labute approximate surface area is 143 Å². The number of amides is 1. The number of hydrogen-bond acceptors (Lipinski definition) is 5. The van der Waals surface area contributed by atoms with Crippen LogP contribution in [0.15, 0.2) is 29.4 Å². The number of aromatic nitrogens is 3. The summed E-state index contributed by atoms with van der Waals surface area (Å²) in [6.07, 6.45) is 2.55. The quantitative estimate of drug-likeness (QED) is 0.738. The Hall–Kier alpha value is -1.73. The molecule has 0 spiro atoms. The molecule has 1 aliphatic carbocycles. The molecule has 1 aromatic heterocycles. The molecule has 0 atom stereocenters. The molecule has 122 valence electrons. The van der Waals surface area contributed by atoms with E-state index < -0.39 is 0 Å². The Balaban J connectivity index is 1.68. The predicted octanol–water partition coefficient (Wildman–Crippen LogP) is 2.81. The van der Waals surface area contributed by atoms with E-state index in [1.54, 1.807) is 6.07 Å². The van der Waals surface area contributed by atoms with Gasteiger partial charge in [0.15, 0.2) is 11.0 Å². The number of benzene rings is 1. The summed E-state index contributed by atoms with van der Waals surface area (Å²) in [7, 11) is 0. The van der Waals surface area contributed by atoms with E-state index in [1.165, 1.54) is 11.8 Å². The minimum atomic E-state index is -0.308. The number of nitrogens with two attached hydrogens (primary N) is 1. The monoisotopic (exact) mass is 352 g/mol. The van der Waals surface area contributed by atoms with Crippen LogP contribution in [-0.2, 0) is 11.4 Å². The average Bonchev–Trinajstić information content (AvgIpc) is 3.28. The van der Waals surface area contributed by atoms with Crippen LogP contribution in [0.2, 0.25) is 5.02 Å². The minimum Gasteiger partial charge on any atom is -0.484 e. The minimum absolute atomic E-state index is 0.308. The Morgan fingerprint density at radius 1 is 1.39 bits per heavy atom. The highest BCUT2D eigenvalue weighted by Gasteiger charge is 2.29. The molecule has 3 rings (SSSR count). The third kappa shape index (κ3) is 4.17. The van der Waals surface area contributed by atoms with E-state index in [4.69, 9.17) is 22.1 Å². The van der Waals surface area contributed by atoms with Crippen molar-refractivity contribution in [3.63, 3.8) is 0 Å². The molecule has 0 unspecified atom stereocenters. The summed E-state index contributed by atoms with van der Waals surface area (Å²) in [5, 5.41) is 9.83. The van der Waals surface area contributed by atoms with Gasteiger partial charge in [-0.1, -0.05) is 35.5 Å². The molecule has 0 radical (unpaired) electrons. The Bertz CT molecular complexity index is 703. The molecule has 6 nitrogen and oxygen atoms in total. The first-order valence-corrected chi connectivity index (χ1v) is 8.73. The van der Waals surface area contributed by atoms with Gasteiger partial charge in [0.25, 0.3) is 0 Å². The Morgan fingerprint density at radius 3 is 2.87 bits per heavy atom. The van der Waals surface area contributed by atoms with Gasteiger partial charge in [0.05, 0.1) is 5.02 Å². The van der Waals surface area contributed by atoms with E-state index in [1.807, 2.05) is 18.2 Å². The van der Waals surface area contributed by atoms with E-state index in [2.05, 4.69) is 14.8 Å². The third-order valence-corrected chi connectivity index (χ3v) is 4.68. The van der Waals surface area contributed by atoms with Gasteiger partial charge in [0, 0.05) is 18.2 Å². The SMILES string of the molecule is NC(=O)CCSc1nnc(COc2ccccc2Cl)n1C1CC1. The number of rotatable bonds is 8. The summed E-state index contributed by atoms with van der Waals surface area (Å²) >= 11 is 7.59. The Morgan fingerprint density at radius 2 is 2.17 bits per heavy atom. The Kier molecular flexibility index (Phi) is 5.07. The number of carbonyl (C=O) groups excluding carboxylic acids is 1. The first kappa shape index (κ1) is 16.1. The van der Waals surface area contributed by atoms with Crippen molar-refractivity contribution in [2.45, 2.75) is 37.1 Å². The molecular weight excluding hydrogens is 336 g/mol. The van der Waals surface area contributed by atoms with Crippen molar-refractivity contribution >= 4 is 29.3 Å². The lowest BCUT2D eigenvalue weighted by atomic mass is 10.3. The van der Waals surface area contributed by atoms with Crippen LogP contribution < -0.4 is 10.5 Å². The highest BCUT2D eigenvalue weighted by molar-refractivity contribution is 7.99. The van der Waals surface area contributed by atoms with E-state index in [9.17, 15) is 4.79 Å². The smallest absolute Gasteiger partial charge is 0.218 e. The van der Waals surface area contributed by atoms with Crippen LogP contribution in [0.25, 0.3) is 0 Å². The standard InChI is InChI=1S/C15H17ClN4O2S/c16-11-3-1-2-4-12(11)22-9-14-18-19-15(20(14)10-5-6-10)23-8-7-13(17)21/h1-4,10H,5-9H2,(H2,17,21). The summed E-state index contributed by atoms with van der Waals surface area (Å²) in [4.78, 5) is 10.9. The summed E-state index contributed by atoms with van der Waals surface area (Å²) in [5.41, 5.74) is 5.17. The van der Waals surface area contributed by atoms with Gasteiger partial charge < -0.3 is 15.0 Å². The summed E-state index contributed by atoms with van der Waals surface area (Å²) in [6.45, 7) is 0.309. The highest BCUT2D eigenvalue weighted by atomic mass is 35.5. The third-order valence-electron chi connectivity index (χ3n) is 3.42. The van der Waals surface area contributed by atoms with Crippen LogP contribution in [0.3, 0.4) is 0 Å². The second-order valence-corrected chi connectivity index (χ2v) is 6.75. The molecule has 1 saturated carbocycles. The van der Waals surface area contributed by atoms with Gasteiger partial charge in [0.1, 0.15) is 12.4 Å². The average molecular weight is 353 g/mol. The summed E-state index contributed by atoms with van der Waals surface area (Å²) < 4.78 is 7.86. The molecule has 23 heavy (non-hydrogen) atoms. The van der Waals surface area contributed by atoms with Gasteiger partial charge in [-0.3, -0.25) is 4.79 Å². The molecule has 2 aromatic rings. The maximum Gasteiger partial charge on any atom is 0.218 e. The maximum absolute atomic E-state index is 10.9. The number of carbonyl (C=O) groups is 1. The van der Waals surface area contributed by atoms with Crippen LogP contribution in [-0.4, -0.2) is 26.4 Å². The van der Waals surface area contributed by atoms with Crippen molar-refractivity contribution in [3.8, 4) is 5.75 Å². The van der Waals surface area contributed by atoms with Crippen LogP contribution in [0.4, 0.5) is 0 Å². The number of hydrogen-bond donors (Lipinski definition) is 1. The van der Waals surface area contributed by atoms with E-state index in [-0.39, 0.29) is 5.91 Å². The van der Waals surface area contributed by atoms with Gasteiger partial charge >= 0.3 is 0 Å². The lowest BCUT2D eigenvalue weighted by Crippen LogP contribution is -2.11. The largest absolute Gasteiger partial charge is 0.484 e. The van der Waals surface area contributed by atoms with Gasteiger partial charge in [0.2, 0.25) is 5.91 Å². The fourth-order valence-electron chi connectivity index (χ4n) is 2.15. The van der Waals surface area contributed by atoms with E-state index >= 15 is 0 Å². The van der Waals surface area contributed by atoms with E-state index in [0.717, 1.165) is 23.8 Å². The van der Waals surface area contributed by atoms with Crippen molar-refractivity contribution in [3.05, 3.63) is 35.1 Å². The zero-order chi connectivity index (χ0) is 16.2. The number of para-hydroxylation sites is 1. The number of halogens is 1. The molecule has 1 aromatic carbocycles. The van der Waals surface area contributed by atoms with Crippen LogP contribution in [0, 0.1) is 0 Å². The number of ether oxygens (including phenoxy) is 1. The molecule has 1 amide bonds. The summed E-state index contributed by atoms with van der Waals surface area (Å²) in [5.74, 6) is 1.69. The zero-order valence-corrected chi connectivity index (χ0v) is 14.0. The first-order valence-electron chi connectivity index (χ1n) is 7.37. The highest BCUT2D eigenvalue weighted by Crippen LogP contribution is 2.39. The zero-order valence-electron chi connectivity index (χ0n) is 12.4. The van der Waals surface area contributed by atoms with Crippen LogP contribution >= 0.6 is 23.4 Å². The topological polar surface area (TPSA) is 83.0 Å². The van der Waals surface area contributed by atoms with E-state index in [0.29, 0.717) is 35.6 Å². The number of thioether (sulfide) groups is 1.